The van der Waals surface area contributed by atoms with Crippen molar-refractivity contribution in [2.45, 2.75) is 57.8 Å². The lowest BCUT2D eigenvalue weighted by Crippen LogP contribution is -2.52. The number of carbonyl (C=O) groups is 4. The second-order valence-electron chi connectivity index (χ2n) is 9.30. The van der Waals surface area contributed by atoms with E-state index in [0.717, 1.165) is 5.75 Å². The number of thioether (sulfide) groups is 1. The molecular formula is C26H36N4O7S. The second kappa shape index (κ2) is 15.0. The van der Waals surface area contributed by atoms with Gasteiger partial charge in [-0.05, 0) is 60.6 Å². The van der Waals surface area contributed by atoms with Crippen LogP contribution in [-0.2, 0) is 27.3 Å². The SMILES string of the molecule is CSCC[C@H](N)C(=O)NCc1ccc(C(=O)N[C@@H](Cc2ccc(O)cc2)C(=O)N[C@@H](CC(C)C)C(=O)O)o1. The number of phenols is 1. The summed E-state index contributed by atoms with van der Waals surface area (Å²) in [6.07, 6.45) is 2.72. The summed E-state index contributed by atoms with van der Waals surface area (Å²) in [5.41, 5.74) is 6.49. The number of benzene rings is 1. The third-order valence-electron chi connectivity index (χ3n) is 5.61. The van der Waals surface area contributed by atoms with Gasteiger partial charge in [0.05, 0.1) is 12.6 Å². The van der Waals surface area contributed by atoms with E-state index >= 15 is 0 Å². The minimum atomic E-state index is -1.17. The van der Waals surface area contributed by atoms with Gasteiger partial charge < -0.3 is 36.3 Å². The molecule has 1 aromatic carbocycles. The van der Waals surface area contributed by atoms with Gasteiger partial charge in [0.2, 0.25) is 11.8 Å². The summed E-state index contributed by atoms with van der Waals surface area (Å²) in [4.78, 5) is 49.8. The van der Waals surface area contributed by atoms with Crippen LogP contribution in [-0.4, -0.2) is 64.0 Å². The van der Waals surface area contributed by atoms with E-state index in [4.69, 9.17) is 10.2 Å². The van der Waals surface area contributed by atoms with Crippen molar-refractivity contribution >= 4 is 35.5 Å². The molecule has 0 unspecified atom stereocenters. The monoisotopic (exact) mass is 548 g/mol. The summed E-state index contributed by atoms with van der Waals surface area (Å²) in [6.45, 7) is 3.71. The van der Waals surface area contributed by atoms with Crippen molar-refractivity contribution in [3.63, 3.8) is 0 Å². The summed E-state index contributed by atoms with van der Waals surface area (Å²) >= 11 is 1.59. The van der Waals surface area contributed by atoms with Gasteiger partial charge in [-0.2, -0.15) is 11.8 Å². The highest BCUT2D eigenvalue weighted by molar-refractivity contribution is 7.98. The number of hydrogen-bond acceptors (Lipinski definition) is 8. The average molecular weight is 549 g/mol. The van der Waals surface area contributed by atoms with Gasteiger partial charge in [-0.3, -0.25) is 14.4 Å². The molecule has 0 aliphatic heterocycles. The first-order chi connectivity index (χ1) is 18.0. The molecule has 3 amide bonds. The number of carboxylic acid groups (broad SMARTS) is 1. The Kier molecular flexibility index (Phi) is 12.2. The fraction of sp³-hybridized carbons (Fsp3) is 0.462. The molecule has 0 fully saturated rings. The van der Waals surface area contributed by atoms with Crippen LogP contribution in [0.3, 0.4) is 0 Å². The van der Waals surface area contributed by atoms with Crippen molar-refractivity contribution in [1.82, 2.24) is 16.0 Å². The number of aromatic hydroxyl groups is 1. The van der Waals surface area contributed by atoms with Crippen molar-refractivity contribution in [3.05, 3.63) is 53.5 Å². The van der Waals surface area contributed by atoms with Gasteiger partial charge in [-0.25, -0.2) is 4.79 Å². The molecule has 0 bridgehead atoms. The predicted octanol–water partition coefficient (Wildman–Crippen LogP) is 1.64. The summed E-state index contributed by atoms with van der Waals surface area (Å²) in [7, 11) is 0. The van der Waals surface area contributed by atoms with E-state index in [1.54, 1.807) is 23.9 Å². The highest BCUT2D eigenvalue weighted by Gasteiger charge is 2.28. The highest BCUT2D eigenvalue weighted by Crippen LogP contribution is 2.14. The maximum atomic E-state index is 13.1. The van der Waals surface area contributed by atoms with E-state index in [1.807, 2.05) is 20.1 Å². The Morgan fingerprint density at radius 2 is 1.68 bits per heavy atom. The second-order valence-corrected chi connectivity index (χ2v) is 10.3. The summed E-state index contributed by atoms with van der Waals surface area (Å²) in [5.74, 6) is -1.81. The van der Waals surface area contributed by atoms with Crippen LogP contribution in [0.25, 0.3) is 0 Å². The molecule has 38 heavy (non-hydrogen) atoms. The molecule has 208 valence electrons. The predicted molar refractivity (Wildman–Crippen MR) is 144 cm³/mol. The van der Waals surface area contributed by atoms with Crippen LogP contribution in [0.15, 0.2) is 40.8 Å². The number of carbonyl (C=O) groups excluding carboxylic acids is 3. The zero-order valence-electron chi connectivity index (χ0n) is 21.7. The third-order valence-corrected chi connectivity index (χ3v) is 6.26. The van der Waals surface area contributed by atoms with E-state index in [-0.39, 0.29) is 42.7 Å². The first kappa shape index (κ1) is 30.7. The fourth-order valence-electron chi connectivity index (χ4n) is 3.55. The van der Waals surface area contributed by atoms with Crippen molar-refractivity contribution in [3.8, 4) is 5.75 Å². The number of hydrogen-bond donors (Lipinski definition) is 6. The van der Waals surface area contributed by atoms with Crippen molar-refractivity contribution in [2.75, 3.05) is 12.0 Å². The molecular weight excluding hydrogens is 512 g/mol. The Balaban J connectivity index is 2.10. The first-order valence-corrected chi connectivity index (χ1v) is 13.6. The van der Waals surface area contributed by atoms with E-state index in [2.05, 4.69) is 16.0 Å². The lowest BCUT2D eigenvalue weighted by atomic mass is 10.0. The number of aliphatic carboxylic acids is 1. The summed E-state index contributed by atoms with van der Waals surface area (Å²) in [6, 6.07) is 6.15. The number of furan rings is 1. The van der Waals surface area contributed by atoms with Gasteiger partial charge >= 0.3 is 5.97 Å². The van der Waals surface area contributed by atoms with Gasteiger partial charge in [0, 0.05) is 6.42 Å². The maximum Gasteiger partial charge on any atom is 0.326 e. The van der Waals surface area contributed by atoms with E-state index < -0.39 is 35.9 Å². The molecule has 12 heteroatoms. The molecule has 2 aromatic rings. The molecule has 3 atom stereocenters. The minimum absolute atomic E-state index is 0.0173. The molecule has 0 saturated carbocycles. The van der Waals surface area contributed by atoms with Gasteiger partial charge in [0.1, 0.15) is 23.6 Å². The Morgan fingerprint density at radius 1 is 1.00 bits per heavy atom. The van der Waals surface area contributed by atoms with Crippen molar-refractivity contribution < 1.29 is 33.8 Å². The van der Waals surface area contributed by atoms with Gasteiger partial charge in [-0.15, -0.1) is 0 Å². The molecule has 7 N–H and O–H groups in total. The molecule has 0 spiro atoms. The Morgan fingerprint density at radius 3 is 2.29 bits per heavy atom. The molecule has 11 nitrogen and oxygen atoms in total. The smallest absolute Gasteiger partial charge is 0.326 e. The number of carboxylic acids is 1. The van der Waals surface area contributed by atoms with Crippen LogP contribution >= 0.6 is 11.8 Å². The number of nitrogens with one attached hydrogen (secondary N) is 3. The Bertz CT molecular complexity index is 1090. The number of amides is 3. The zero-order chi connectivity index (χ0) is 28.2. The van der Waals surface area contributed by atoms with E-state index in [1.165, 1.54) is 24.3 Å². The maximum absolute atomic E-state index is 13.1. The summed E-state index contributed by atoms with van der Waals surface area (Å²) in [5, 5.41) is 26.8. The molecule has 0 aliphatic rings. The van der Waals surface area contributed by atoms with E-state index in [0.29, 0.717) is 17.7 Å². The van der Waals surface area contributed by atoms with Crippen LogP contribution in [0, 0.1) is 5.92 Å². The Labute approximate surface area is 225 Å². The first-order valence-electron chi connectivity index (χ1n) is 12.2. The van der Waals surface area contributed by atoms with Gasteiger partial charge in [0.25, 0.3) is 5.91 Å². The lowest BCUT2D eigenvalue weighted by Gasteiger charge is -2.22. The largest absolute Gasteiger partial charge is 0.508 e. The summed E-state index contributed by atoms with van der Waals surface area (Å²) < 4.78 is 5.54. The molecule has 0 saturated heterocycles. The molecule has 0 aliphatic carbocycles. The highest BCUT2D eigenvalue weighted by atomic mass is 32.2. The van der Waals surface area contributed by atoms with Crippen LogP contribution in [0.2, 0.25) is 0 Å². The molecule has 1 heterocycles. The lowest BCUT2D eigenvalue weighted by molar-refractivity contribution is -0.142. The van der Waals surface area contributed by atoms with Crippen LogP contribution in [0.5, 0.6) is 5.75 Å². The Hall–Kier alpha value is -3.51. The quantitative estimate of drug-likeness (QED) is 0.193. The van der Waals surface area contributed by atoms with Crippen LogP contribution in [0.4, 0.5) is 0 Å². The molecule has 0 radical (unpaired) electrons. The third kappa shape index (κ3) is 10.1. The fourth-order valence-corrected chi connectivity index (χ4v) is 4.04. The average Bonchev–Trinajstić information content (AvgIpc) is 3.35. The van der Waals surface area contributed by atoms with Gasteiger partial charge in [0.15, 0.2) is 5.76 Å². The van der Waals surface area contributed by atoms with Crippen molar-refractivity contribution in [2.24, 2.45) is 11.7 Å². The molecule has 2 rings (SSSR count). The van der Waals surface area contributed by atoms with E-state index in [9.17, 15) is 29.4 Å². The number of phenolic OH excluding ortho intramolecular Hbond substituents is 1. The van der Waals surface area contributed by atoms with Crippen LogP contribution in [0.1, 0.15) is 48.6 Å². The van der Waals surface area contributed by atoms with Crippen molar-refractivity contribution in [1.29, 1.82) is 0 Å². The molecule has 1 aromatic heterocycles. The topological polar surface area (TPSA) is 184 Å². The zero-order valence-corrected chi connectivity index (χ0v) is 22.5. The van der Waals surface area contributed by atoms with Crippen LogP contribution < -0.4 is 21.7 Å². The standard InChI is InChI=1S/C26H36N4O7S/c1-15(2)12-21(26(35)36)30-24(33)20(13-16-4-6-17(31)7-5-16)29-25(34)22-9-8-18(37-22)14-28-23(32)19(27)10-11-38-3/h4-9,15,19-21,31H,10-14,27H2,1-3H3,(H,28,32)(H,29,34)(H,30,33)(H,35,36)/t19-,20-,21-/m0/s1. The number of rotatable bonds is 15. The van der Waals surface area contributed by atoms with Gasteiger partial charge in [-0.1, -0.05) is 26.0 Å². The normalized spacial score (nSPS) is 13.4. The number of nitrogens with two attached hydrogens (primary N) is 1. The minimum Gasteiger partial charge on any atom is -0.508 e.